The van der Waals surface area contributed by atoms with Crippen LogP contribution in [0, 0.1) is 5.82 Å². The first kappa shape index (κ1) is 18.1. The molecule has 136 valence electrons. The van der Waals surface area contributed by atoms with E-state index < -0.39 is 11.6 Å². The van der Waals surface area contributed by atoms with Gasteiger partial charge in [0.15, 0.2) is 0 Å². The number of nitrogens with one attached hydrogen (secondary N) is 1. The maximum Gasteiger partial charge on any atom is 0.325 e. The molecule has 0 saturated carbocycles. The summed E-state index contributed by atoms with van der Waals surface area (Å²) in [4.78, 5) is 26.5. The van der Waals surface area contributed by atoms with Crippen LogP contribution in [0.25, 0.3) is 0 Å². The SMILES string of the molecule is CC(C)(C)c1ccc([C@@]2(C)NC(=O)N(Cc3ccc(F)cc3)C2=O)cc1. The lowest BCUT2D eigenvalue weighted by molar-refractivity contribution is -0.131. The van der Waals surface area contributed by atoms with Crippen molar-refractivity contribution >= 4 is 11.9 Å². The molecule has 1 fully saturated rings. The molecule has 1 aliphatic heterocycles. The molecule has 4 nitrogen and oxygen atoms in total. The third-order valence-corrected chi connectivity index (χ3v) is 4.86. The summed E-state index contributed by atoms with van der Waals surface area (Å²) in [7, 11) is 0. The van der Waals surface area contributed by atoms with Crippen molar-refractivity contribution in [2.24, 2.45) is 0 Å². The number of urea groups is 1. The van der Waals surface area contributed by atoms with Gasteiger partial charge < -0.3 is 5.32 Å². The van der Waals surface area contributed by atoms with Crippen LogP contribution < -0.4 is 5.32 Å². The van der Waals surface area contributed by atoms with E-state index in [-0.39, 0.29) is 23.7 Å². The molecule has 1 aliphatic rings. The lowest BCUT2D eigenvalue weighted by Gasteiger charge is -2.24. The number of carbonyl (C=O) groups is 2. The lowest BCUT2D eigenvalue weighted by Crippen LogP contribution is -2.40. The van der Waals surface area contributed by atoms with Crippen LogP contribution in [-0.2, 0) is 22.3 Å². The van der Waals surface area contributed by atoms with Gasteiger partial charge in [-0.3, -0.25) is 9.69 Å². The fourth-order valence-corrected chi connectivity index (χ4v) is 3.11. The van der Waals surface area contributed by atoms with Gasteiger partial charge in [0.1, 0.15) is 11.4 Å². The Hall–Kier alpha value is -2.69. The molecule has 0 unspecified atom stereocenters. The molecule has 1 N–H and O–H groups in total. The Morgan fingerprint density at radius 1 is 1.00 bits per heavy atom. The molecule has 1 saturated heterocycles. The smallest absolute Gasteiger partial charge is 0.319 e. The maximum absolute atomic E-state index is 13.1. The van der Waals surface area contributed by atoms with E-state index in [9.17, 15) is 14.0 Å². The normalized spacial score (nSPS) is 20.4. The van der Waals surface area contributed by atoms with Crippen LogP contribution in [0.15, 0.2) is 48.5 Å². The number of carbonyl (C=O) groups excluding carboxylic acids is 2. The van der Waals surface area contributed by atoms with Crippen LogP contribution in [0.5, 0.6) is 0 Å². The topological polar surface area (TPSA) is 49.4 Å². The molecule has 0 aromatic heterocycles. The van der Waals surface area contributed by atoms with Gasteiger partial charge in [-0.15, -0.1) is 0 Å². The van der Waals surface area contributed by atoms with Gasteiger partial charge in [-0.2, -0.15) is 0 Å². The van der Waals surface area contributed by atoms with E-state index in [1.165, 1.54) is 17.0 Å². The fraction of sp³-hybridized carbons (Fsp3) is 0.333. The first-order chi connectivity index (χ1) is 12.1. The first-order valence-corrected chi connectivity index (χ1v) is 8.61. The molecule has 1 atom stereocenters. The Balaban J connectivity index is 1.85. The highest BCUT2D eigenvalue weighted by Gasteiger charge is 2.48. The standard InChI is InChI=1S/C21H23FN2O2/c1-20(2,3)15-7-9-16(10-8-15)21(4)18(25)24(19(26)23-21)13-14-5-11-17(22)12-6-14/h5-12H,13H2,1-4H3,(H,23,26)/t21-/m1/s1. The molecule has 1 heterocycles. The zero-order chi connectivity index (χ0) is 19.1. The summed E-state index contributed by atoms with van der Waals surface area (Å²) in [5.74, 6) is -0.662. The number of hydrogen-bond acceptors (Lipinski definition) is 2. The van der Waals surface area contributed by atoms with Crippen molar-refractivity contribution < 1.29 is 14.0 Å². The second-order valence-corrected chi connectivity index (χ2v) is 7.90. The largest absolute Gasteiger partial charge is 0.325 e. The summed E-state index contributed by atoms with van der Waals surface area (Å²) in [6, 6.07) is 13.1. The number of imide groups is 1. The average molecular weight is 354 g/mol. The van der Waals surface area contributed by atoms with Gasteiger partial charge in [-0.25, -0.2) is 9.18 Å². The molecule has 0 spiro atoms. The van der Waals surface area contributed by atoms with Gasteiger partial charge in [-0.05, 0) is 41.2 Å². The predicted molar refractivity (Wildman–Crippen MR) is 98.0 cm³/mol. The Bertz CT molecular complexity index is 838. The maximum atomic E-state index is 13.1. The quantitative estimate of drug-likeness (QED) is 0.844. The molecule has 0 radical (unpaired) electrons. The fourth-order valence-electron chi connectivity index (χ4n) is 3.11. The summed E-state index contributed by atoms with van der Waals surface area (Å²) < 4.78 is 13.1. The van der Waals surface area contributed by atoms with Gasteiger partial charge in [0, 0.05) is 0 Å². The van der Waals surface area contributed by atoms with Crippen LogP contribution in [-0.4, -0.2) is 16.8 Å². The molecule has 26 heavy (non-hydrogen) atoms. The van der Waals surface area contributed by atoms with E-state index in [4.69, 9.17) is 0 Å². The van der Waals surface area contributed by atoms with E-state index in [1.54, 1.807) is 19.1 Å². The average Bonchev–Trinajstić information content (AvgIpc) is 2.80. The van der Waals surface area contributed by atoms with E-state index in [0.29, 0.717) is 5.56 Å². The third-order valence-electron chi connectivity index (χ3n) is 4.86. The summed E-state index contributed by atoms with van der Waals surface area (Å²) in [6.45, 7) is 8.19. The second-order valence-electron chi connectivity index (χ2n) is 7.90. The Morgan fingerprint density at radius 3 is 2.12 bits per heavy atom. The van der Waals surface area contributed by atoms with Crippen LogP contribution >= 0.6 is 0 Å². The summed E-state index contributed by atoms with van der Waals surface area (Å²) >= 11 is 0. The van der Waals surface area contributed by atoms with E-state index in [2.05, 4.69) is 26.1 Å². The first-order valence-electron chi connectivity index (χ1n) is 8.61. The van der Waals surface area contributed by atoms with E-state index >= 15 is 0 Å². The number of halogens is 1. The Labute approximate surface area is 153 Å². The van der Waals surface area contributed by atoms with E-state index in [1.807, 2.05) is 24.3 Å². The summed E-state index contributed by atoms with van der Waals surface area (Å²) in [5.41, 5.74) is 1.50. The molecular formula is C21H23FN2O2. The van der Waals surface area contributed by atoms with Crippen molar-refractivity contribution in [3.8, 4) is 0 Å². The predicted octanol–water partition coefficient (Wildman–Crippen LogP) is 4.09. The van der Waals surface area contributed by atoms with Crippen molar-refractivity contribution in [1.82, 2.24) is 10.2 Å². The van der Waals surface area contributed by atoms with Crippen LogP contribution in [0.4, 0.5) is 9.18 Å². The highest BCUT2D eigenvalue weighted by molar-refractivity contribution is 6.07. The van der Waals surface area contributed by atoms with E-state index in [0.717, 1.165) is 11.1 Å². The zero-order valence-corrected chi connectivity index (χ0v) is 15.5. The molecule has 3 amide bonds. The van der Waals surface area contributed by atoms with Crippen molar-refractivity contribution in [1.29, 1.82) is 0 Å². The summed E-state index contributed by atoms with van der Waals surface area (Å²) in [5, 5.41) is 2.80. The minimum atomic E-state index is -1.10. The number of benzene rings is 2. The minimum absolute atomic E-state index is 0.0109. The molecule has 0 aliphatic carbocycles. The zero-order valence-electron chi connectivity index (χ0n) is 15.5. The Kier molecular flexibility index (Phi) is 4.34. The highest BCUT2D eigenvalue weighted by atomic mass is 19.1. The number of rotatable bonds is 3. The van der Waals surface area contributed by atoms with Crippen molar-refractivity contribution in [3.63, 3.8) is 0 Å². The number of amides is 3. The van der Waals surface area contributed by atoms with Gasteiger partial charge in [0.25, 0.3) is 5.91 Å². The lowest BCUT2D eigenvalue weighted by atomic mass is 9.84. The van der Waals surface area contributed by atoms with Gasteiger partial charge in [-0.1, -0.05) is 57.2 Å². The molecule has 5 heteroatoms. The van der Waals surface area contributed by atoms with Gasteiger partial charge >= 0.3 is 6.03 Å². The molecule has 2 aromatic rings. The van der Waals surface area contributed by atoms with Crippen LogP contribution in [0.1, 0.15) is 44.4 Å². The van der Waals surface area contributed by atoms with Crippen molar-refractivity contribution in [2.45, 2.75) is 45.2 Å². The number of hydrogen-bond donors (Lipinski definition) is 1. The monoisotopic (exact) mass is 354 g/mol. The highest BCUT2D eigenvalue weighted by Crippen LogP contribution is 2.31. The van der Waals surface area contributed by atoms with Gasteiger partial charge in [0.2, 0.25) is 0 Å². The van der Waals surface area contributed by atoms with Crippen LogP contribution in [0.2, 0.25) is 0 Å². The molecule has 0 bridgehead atoms. The van der Waals surface area contributed by atoms with Crippen LogP contribution in [0.3, 0.4) is 0 Å². The third kappa shape index (κ3) is 3.21. The Morgan fingerprint density at radius 2 is 1.58 bits per heavy atom. The summed E-state index contributed by atoms with van der Waals surface area (Å²) in [6.07, 6.45) is 0. The molecular weight excluding hydrogens is 331 g/mol. The van der Waals surface area contributed by atoms with Crippen molar-refractivity contribution in [3.05, 3.63) is 71.0 Å². The van der Waals surface area contributed by atoms with Crippen molar-refractivity contribution in [2.75, 3.05) is 0 Å². The minimum Gasteiger partial charge on any atom is -0.319 e. The van der Waals surface area contributed by atoms with Gasteiger partial charge in [0.05, 0.1) is 6.54 Å². The molecule has 2 aromatic carbocycles. The number of nitrogens with zero attached hydrogens (tertiary/aromatic N) is 1. The molecule has 3 rings (SSSR count). The second kappa shape index (κ2) is 6.24.